The molecule has 0 aromatic heterocycles. The number of aliphatic hydroxyl groups is 1. The highest BCUT2D eigenvalue weighted by atomic mass is 16.3. The smallest absolute Gasteiger partial charge is 0.0958 e. The van der Waals surface area contributed by atoms with Gasteiger partial charge in [-0.3, -0.25) is 0 Å². The molecule has 0 fully saturated rings. The van der Waals surface area contributed by atoms with E-state index in [4.69, 9.17) is 5.73 Å². The van der Waals surface area contributed by atoms with E-state index in [1.807, 2.05) is 54.6 Å². The molecule has 2 aromatic carbocycles. The topological polar surface area (TPSA) is 46.2 Å². The Morgan fingerprint density at radius 1 is 1.06 bits per heavy atom. The molecule has 0 radical (unpaired) electrons. The van der Waals surface area contributed by atoms with E-state index < -0.39 is 5.60 Å². The van der Waals surface area contributed by atoms with Crippen LogP contribution < -0.4 is 5.73 Å². The molecule has 2 atom stereocenters. The van der Waals surface area contributed by atoms with Gasteiger partial charge in [0.1, 0.15) is 0 Å². The third-order valence-corrected chi connectivity index (χ3v) is 3.76. The summed E-state index contributed by atoms with van der Waals surface area (Å²) in [6.45, 7) is 0. The zero-order chi connectivity index (χ0) is 12.6. The molecule has 3 rings (SSSR count). The maximum absolute atomic E-state index is 10.9. The van der Waals surface area contributed by atoms with Gasteiger partial charge in [-0.2, -0.15) is 0 Å². The summed E-state index contributed by atoms with van der Waals surface area (Å²) >= 11 is 0. The molecule has 2 unspecified atom stereocenters. The van der Waals surface area contributed by atoms with E-state index in [0.717, 1.165) is 16.7 Å². The molecule has 3 N–H and O–H groups in total. The molecule has 0 saturated carbocycles. The van der Waals surface area contributed by atoms with Crippen molar-refractivity contribution in [2.75, 3.05) is 0 Å². The van der Waals surface area contributed by atoms with Crippen molar-refractivity contribution in [2.24, 2.45) is 5.73 Å². The van der Waals surface area contributed by atoms with E-state index in [1.165, 1.54) is 0 Å². The lowest BCUT2D eigenvalue weighted by atomic mass is 9.89. The minimum Gasteiger partial charge on any atom is -0.385 e. The molecule has 0 bridgehead atoms. The molecule has 0 amide bonds. The van der Waals surface area contributed by atoms with Gasteiger partial charge in [0, 0.05) is 12.5 Å². The van der Waals surface area contributed by atoms with Gasteiger partial charge < -0.3 is 10.8 Å². The second-order valence-electron chi connectivity index (χ2n) is 5.09. The lowest BCUT2D eigenvalue weighted by Gasteiger charge is -2.24. The van der Waals surface area contributed by atoms with Crippen molar-refractivity contribution in [3.8, 4) is 0 Å². The molecule has 1 aliphatic carbocycles. The molecular formula is C16H17NO. The Morgan fingerprint density at radius 3 is 2.50 bits per heavy atom. The Labute approximate surface area is 107 Å². The molecule has 18 heavy (non-hydrogen) atoms. The van der Waals surface area contributed by atoms with Gasteiger partial charge in [-0.15, -0.1) is 0 Å². The third-order valence-electron chi connectivity index (χ3n) is 3.76. The van der Waals surface area contributed by atoms with Gasteiger partial charge in [-0.05, 0) is 23.1 Å². The summed E-state index contributed by atoms with van der Waals surface area (Å²) in [5, 5.41) is 10.9. The maximum atomic E-state index is 10.9. The molecule has 1 aliphatic rings. The summed E-state index contributed by atoms with van der Waals surface area (Å²) in [5.74, 6) is 0. The van der Waals surface area contributed by atoms with Crippen molar-refractivity contribution in [3.05, 3.63) is 71.3 Å². The van der Waals surface area contributed by atoms with Crippen LogP contribution in [0, 0.1) is 0 Å². The molecule has 0 aliphatic heterocycles. The molecule has 92 valence electrons. The van der Waals surface area contributed by atoms with Crippen LogP contribution in [0.25, 0.3) is 0 Å². The highest BCUT2D eigenvalue weighted by Crippen LogP contribution is 2.43. The summed E-state index contributed by atoms with van der Waals surface area (Å²) < 4.78 is 0. The maximum Gasteiger partial charge on any atom is 0.0958 e. The minimum absolute atomic E-state index is 0.0603. The quantitative estimate of drug-likeness (QED) is 0.846. The van der Waals surface area contributed by atoms with Gasteiger partial charge in [-0.1, -0.05) is 54.6 Å². The largest absolute Gasteiger partial charge is 0.385 e. The fraction of sp³-hybridized carbons (Fsp3) is 0.250. The Balaban J connectivity index is 1.97. The third kappa shape index (κ3) is 1.84. The molecule has 0 spiro atoms. The van der Waals surface area contributed by atoms with Crippen LogP contribution in [-0.4, -0.2) is 5.11 Å². The summed E-state index contributed by atoms with van der Waals surface area (Å²) in [6.07, 6.45) is 1.22. The fourth-order valence-corrected chi connectivity index (χ4v) is 2.93. The van der Waals surface area contributed by atoms with E-state index in [1.54, 1.807) is 0 Å². The first-order valence-electron chi connectivity index (χ1n) is 6.30. The lowest BCUT2D eigenvalue weighted by Crippen LogP contribution is -2.26. The van der Waals surface area contributed by atoms with Gasteiger partial charge in [0.05, 0.1) is 5.60 Å². The number of hydrogen-bond acceptors (Lipinski definition) is 2. The van der Waals surface area contributed by atoms with Crippen molar-refractivity contribution in [3.63, 3.8) is 0 Å². The van der Waals surface area contributed by atoms with Crippen molar-refractivity contribution in [2.45, 2.75) is 24.5 Å². The Hall–Kier alpha value is -1.64. The summed E-state index contributed by atoms with van der Waals surface area (Å²) in [7, 11) is 0. The molecule has 2 nitrogen and oxygen atoms in total. The van der Waals surface area contributed by atoms with E-state index in [9.17, 15) is 5.11 Å². The SMILES string of the molecule is NC1CC(O)(Cc2ccccc2)c2ccccc21. The van der Waals surface area contributed by atoms with Crippen molar-refractivity contribution in [1.29, 1.82) is 0 Å². The summed E-state index contributed by atoms with van der Waals surface area (Å²) in [6, 6.07) is 18.0. The lowest BCUT2D eigenvalue weighted by molar-refractivity contribution is 0.0342. The van der Waals surface area contributed by atoms with Crippen LogP contribution in [0.4, 0.5) is 0 Å². The van der Waals surface area contributed by atoms with E-state index in [0.29, 0.717) is 12.8 Å². The van der Waals surface area contributed by atoms with Crippen LogP contribution in [0.3, 0.4) is 0 Å². The molecule has 2 heteroatoms. The first-order valence-corrected chi connectivity index (χ1v) is 6.30. The standard InChI is InChI=1S/C16H17NO/c17-15-11-16(18,10-12-6-2-1-3-7-12)14-9-5-4-8-13(14)15/h1-9,15,18H,10-11,17H2. The van der Waals surface area contributed by atoms with E-state index in [2.05, 4.69) is 0 Å². The zero-order valence-corrected chi connectivity index (χ0v) is 10.2. The normalized spacial score (nSPS) is 26.0. The van der Waals surface area contributed by atoms with E-state index >= 15 is 0 Å². The van der Waals surface area contributed by atoms with Crippen molar-refractivity contribution in [1.82, 2.24) is 0 Å². The predicted octanol–water partition coefficient (Wildman–Crippen LogP) is 2.52. The van der Waals surface area contributed by atoms with E-state index in [-0.39, 0.29) is 6.04 Å². The van der Waals surface area contributed by atoms with Gasteiger partial charge in [0.25, 0.3) is 0 Å². The molecule has 2 aromatic rings. The van der Waals surface area contributed by atoms with Crippen molar-refractivity contribution >= 4 is 0 Å². The zero-order valence-electron chi connectivity index (χ0n) is 10.2. The monoisotopic (exact) mass is 239 g/mol. The predicted molar refractivity (Wildman–Crippen MR) is 72.0 cm³/mol. The Bertz CT molecular complexity index is 552. The van der Waals surface area contributed by atoms with Crippen LogP contribution in [0.5, 0.6) is 0 Å². The summed E-state index contributed by atoms with van der Waals surface area (Å²) in [5.41, 5.74) is 8.50. The number of rotatable bonds is 2. The van der Waals surface area contributed by atoms with Crippen LogP contribution >= 0.6 is 0 Å². The fourth-order valence-electron chi connectivity index (χ4n) is 2.93. The Kier molecular flexibility index (Phi) is 2.69. The molecular weight excluding hydrogens is 222 g/mol. The first-order chi connectivity index (χ1) is 8.69. The van der Waals surface area contributed by atoms with Crippen LogP contribution in [-0.2, 0) is 12.0 Å². The first kappa shape index (κ1) is 11.5. The van der Waals surface area contributed by atoms with Gasteiger partial charge in [0.2, 0.25) is 0 Å². The van der Waals surface area contributed by atoms with Crippen LogP contribution in [0.2, 0.25) is 0 Å². The van der Waals surface area contributed by atoms with Crippen molar-refractivity contribution < 1.29 is 5.11 Å². The highest BCUT2D eigenvalue weighted by Gasteiger charge is 2.40. The van der Waals surface area contributed by atoms with Gasteiger partial charge in [-0.25, -0.2) is 0 Å². The van der Waals surface area contributed by atoms with Crippen LogP contribution in [0.15, 0.2) is 54.6 Å². The van der Waals surface area contributed by atoms with Crippen LogP contribution in [0.1, 0.15) is 29.2 Å². The number of nitrogens with two attached hydrogens (primary N) is 1. The average molecular weight is 239 g/mol. The highest BCUT2D eigenvalue weighted by molar-refractivity contribution is 5.41. The van der Waals surface area contributed by atoms with Gasteiger partial charge >= 0.3 is 0 Å². The molecule has 0 heterocycles. The minimum atomic E-state index is -0.822. The second kappa shape index (κ2) is 4.23. The number of benzene rings is 2. The second-order valence-corrected chi connectivity index (χ2v) is 5.09. The summed E-state index contributed by atoms with van der Waals surface area (Å²) in [4.78, 5) is 0. The Morgan fingerprint density at radius 2 is 1.72 bits per heavy atom. The molecule has 0 saturated heterocycles. The average Bonchev–Trinajstić information content (AvgIpc) is 2.63. The van der Waals surface area contributed by atoms with Gasteiger partial charge in [0.15, 0.2) is 0 Å². The number of fused-ring (bicyclic) bond motifs is 1. The number of hydrogen-bond donors (Lipinski definition) is 2.